The molecule has 0 unspecified atom stereocenters. The lowest BCUT2D eigenvalue weighted by Gasteiger charge is -2.29. The standard InChI is InChI=1S/C19H24N2O6S/c1-4-26-19(22)15-12-17(27-20-15)14-5-6-16(25-3)18(11-14)28(23,24)21-9-7-13(2)8-10-21/h5-6,11-13H,4,7-10H2,1-3H3. The van der Waals surface area contributed by atoms with Crippen LogP contribution in [-0.4, -0.2) is 50.7 Å². The van der Waals surface area contributed by atoms with Crippen molar-refractivity contribution < 1.29 is 27.2 Å². The number of aromatic nitrogens is 1. The number of hydrogen-bond acceptors (Lipinski definition) is 7. The summed E-state index contributed by atoms with van der Waals surface area (Å²) in [7, 11) is -2.29. The van der Waals surface area contributed by atoms with Crippen molar-refractivity contribution in [3.63, 3.8) is 0 Å². The van der Waals surface area contributed by atoms with Gasteiger partial charge < -0.3 is 14.0 Å². The molecule has 8 nitrogen and oxygen atoms in total. The third-order valence-electron chi connectivity index (χ3n) is 4.80. The summed E-state index contributed by atoms with van der Waals surface area (Å²) >= 11 is 0. The largest absolute Gasteiger partial charge is 0.495 e. The molecule has 152 valence electrons. The Morgan fingerprint density at radius 3 is 2.64 bits per heavy atom. The maximum Gasteiger partial charge on any atom is 0.360 e. The van der Waals surface area contributed by atoms with Gasteiger partial charge in [0.05, 0.1) is 13.7 Å². The van der Waals surface area contributed by atoms with Gasteiger partial charge in [-0.05, 0) is 43.9 Å². The molecule has 28 heavy (non-hydrogen) atoms. The minimum absolute atomic E-state index is 0.0297. The number of piperidine rings is 1. The van der Waals surface area contributed by atoms with E-state index in [2.05, 4.69) is 12.1 Å². The topological polar surface area (TPSA) is 98.9 Å². The van der Waals surface area contributed by atoms with Crippen LogP contribution in [0.5, 0.6) is 5.75 Å². The number of sulfonamides is 1. The molecule has 1 aromatic carbocycles. The van der Waals surface area contributed by atoms with Crippen molar-refractivity contribution in [1.29, 1.82) is 0 Å². The molecule has 1 aromatic heterocycles. The monoisotopic (exact) mass is 408 g/mol. The zero-order chi connectivity index (χ0) is 20.3. The molecule has 0 saturated carbocycles. The zero-order valence-corrected chi connectivity index (χ0v) is 17.0. The predicted molar refractivity (Wildman–Crippen MR) is 102 cm³/mol. The van der Waals surface area contributed by atoms with Gasteiger partial charge in [0.25, 0.3) is 0 Å². The minimum atomic E-state index is -3.72. The second-order valence-corrected chi connectivity index (χ2v) is 8.66. The Bertz CT molecular complexity index is 945. The summed E-state index contributed by atoms with van der Waals surface area (Å²) in [6, 6.07) is 6.15. The number of methoxy groups -OCH3 is 1. The first kappa shape index (κ1) is 20.3. The molecular weight excluding hydrogens is 384 g/mol. The van der Waals surface area contributed by atoms with E-state index in [1.165, 1.54) is 23.5 Å². The number of benzene rings is 1. The summed E-state index contributed by atoms with van der Waals surface area (Å²) in [4.78, 5) is 11.8. The van der Waals surface area contributed by atoms with Crippen LogP contribution in [0.3, 0.4) is 0 Å². The second kappa shape index (κ2) is 8.32. The van der Waals surface area contributed by atoms with Gasteiger partial charge in [-0.25, -0.2) is 13.2 Å². The van der Waals surface area contributed by atoms with Gasteiger partial charge in [0, 0.05) is 24.7 Å². The first-order chi connectivity index (χ1) is 13.4. The third kappa shape index (κ3) is 4.05. The number of ether oxygens (including phenoxy) is 2. The summed E-state index contributed by atoms with van der Waals surface area (Å²) in [6.45, 7) is 5.00. The lowest BCUT2D eigenvalue weighted by Crippen LogP contribution is -2.38. The molecule has 1 aliphatic rings. The number of carbonyl (C=O) groups is 1. The molecule has 0 radical (unpaired) electrons. The first-order valence-electron chi connectivity index (χ1n) is 9.19. The normalized spacial score (nSPS) is 16.1. The highest BCUT2D eigenvalue weighted by molar-refractivity contribution is 7.89. The zero-order valence-electron chi connectivity index (χ0n) is 16.2. The number of carbonyl (C=O) groups excluding carboxylic acids is 1. The predicted octanol–water partition coefficient (Wildman–Crippen LogP) is 2.95. The summed E-state index contributed by atoms with van der Waals surface area (Å²) < 4.78 is 43.2. The fourth-order valence-corrected chi connectivity index (χ4v) is 4.76. The lowest BCUT2D eigenvalue weighted by molar-refractivity contribution is 0.0514. The van der Waals surface area contributed by atoms with Crippen molar-refractivity contribution in [3.05, 3.63) is 30.0 Å². The van der Waals surface area contributed by atoms with Gasteiger partial charge >= 0.3 is 5.97 Å². The van der Waals surface area contributed by atoms with Crippen molar-refractivity contribution in [1.82, 2.24) is 9.46 Å². The Morgan fingerprint density at radius 2 is 2.00 bits per heavy atom. The highest BCUT2D eigenvalue weighted by atomic mass is 32.2. The van der Waals surface area contributed by atoms with E-state index >= 15 is 0 Å². The lowest BCUT2D eigenvalue weighted by atomic mass is 10.0. The van der Waals surface area contributed by atoms with Crippen molar-refractivity contribution in [2.24, 2.45) is 5.92 Å². The highest BCUT2D eigenvalue weighted by Gasteiger charge is 2.31. The van der Waals surface area contributed by atoms with E-state index in [9.17, 15) is 13.2 Å². The number of hydrogen-bond donors (Lipinski definition) is 0. The van der Waals surface area contributed by atoms with Crippen molar-refractivity contribution in [2.45, 2.75) is 31.6 Å². The van der Waals surface area contributed by atoms with Crippen LogP contribution in [0, 0.1) is 5.92 Å². The van der Waals surface area contributed by atoms with E-state index in [0.29, 0.717) is 24.6 Å². The molecule has 0 bridgehead atoms. The van der Waals surface area contributed by atoms with Crippen LogP contribution in [0.25, 0.3) is 11.3 Å². The van der Waals surface area contributed by atoms with E-state index < -0.39 is 16.0 Å². The van der Waals surface area contributed by atoms with E-state index in [1.54, 1.807) is 19.1 Å². The molecule has 9 heteroatoms. The van der Waals surface area contributed by atoms with Gasteiger partial charge in [0.2, 0.25) is 10.0 Å². The van der Waals surface area contributed by atoms with Crippen LogP contribution in [0.1, 0.15) is 37.2 Å². The fraction of sp³-hybridized carbons (Fsp3) is 0.474. The van der Waals surface area contributed by atoms with E-state index in [0.717, 1.165) is 12.8 Å². The van der Waals surface area contributed by atoms with Gasteiger partial charge in [-0.15, -0.1) is 0 Å². The van der Waals surface area contributed by atoms with Crippen LogP contribution < -0.4 is 4.74 Å². The van der Waals surface area contributed by atoms with Gasteiger partial charge in [0.15, 0.2) is 11.5 Å². The molecule has 1 aliphatic heterocycles. The van der Waals surface area contributed by atoms with Crippen LogP contribution in [0.4, 0.5) is 0 Å². The summed E-state index contributed by atoms with van der Waals surface area (Å²) in [5.74, 6) is 0.443. The van der Waals surface area contributed by atoms with Gasteiger partial charge in [-0.2, -0.15) is 4.31 Å². The molecule has 0 atom stereocenters. The smallest absolute Gasteiger partial charge is 0.360 e. The average molecular weight is 408 g/mol. The summed E-state index contributed by atoms with van der Waals surface area (Å²) in [5.41, 5.74) is 0.509. The maximum absolute atomic E-state index is 13.2. The fourth-order valence-electron chi connectivity index (χ4n) is 3.11. The average Bonchev–Trinajstić information content (AvgIpc) is 3.18. The second-order valence-electron chi connectivity index (χ2n) is 6.75. The number of esters is 1. The molecule has 2 aromatic rings. The highest BCUT2D eigenvalue weighted by Crippen LogP contribution is 2.33. The third-order valence-corrected chi connectivity index (χ3v) is 6.72. The van der Waals surface area contributed by atoms with E-state index in [1.807, 2.05) is 0 Å². The Balaban J connectivity index is 1.95. The Hall–Kier alpha value is -2.39. The molecule has 0 N–H and O–H groups in total. The van der Waals surface area contributed by atoms with Crippen LogP contribution in [0.2, 0.25) is 0 Å². The molecule has 1 fully saturated rings. The van der Waals surface area contributed by atoms with Crippen molar-refractivity contribution in [2.75, 3.05) is 26.8 Å². The summed E-state index contributed by atoms with van der Waals surface area (Å²) in [5, 5.41) is 3.70. The van der Waals surface area contributed by atoms with E-state index in [4.69, 9.17) is 14.0 Å². The molecule has 0 spiro atoms. The Labute approximate surface area is 164 Å². The van der Waals surface area contributed by atoms with E-state index in [-0.39, 0.29) is 28.7 Å². The number of nitrogens with zero attached hydrogens (tertiary/aromatic N) is 2. The van der Waals surface area contributed by atoms with Gasteiger partial charge in [-0.3, -0.25) is 0 Å². The maximum atomic E-state index is 13.2. The van der Waals surface area contributed by atoms with Crippen LogP contribution in [-0.2, 0) is 14.8 Å². The van der Waals surface area contributed by atoms with Crippen LogP contribution >= 0.6 is 0 Å². The minimum Gasteiger partial charge on any atom is -0.495 e. The molecule has 2 heterocycles. The van der Waals surface area contributed by atoms with Crippen molar-refractivity contribution in [3.8, 4) is 17.1 Å². The SMILES string of the molecule is CCOC(=O)c1cc(-c2ccc(OC)c(S(=O)(=O)N3CCC(C)CC3)c2)on1. The molecule has 1 saturated heterocycles. The molecule has 3 rings (SSSR count). The van der Waals surface area contributed by atoms with Gasteiger partial charge in [0.1, 0.15) is 10.6 Å². The molecule has 0 amide bonds. The van der Waals surface area contributed by atoms with Crippen LogP contribution in [0.15, 0.2) is 33.7 Å². The quantitative estimate of drug-likeness (QED) is 0.678. The Kier molecular flexibility index (Phi) is 6.04. The molecular formula is C19H24N2O6S. The Morgan fingerprint density at radius 1 is 1.29 bits per heavy atom. The van der Waals surface area contributed by atoms with Crippen molar-refractivity contribution >= 4 is 16.0 Å². The number of rotatable bonds is 6. The van der Waals surface area contributed by atoms with Gasteiger partial charge in [-0.1, -0.05) is 12.1 Å². The molecule has 0 aliphatic carbocycles. The summed E-state index contributed by atoms with van der Waals surface area (Å²) in [6.07, 6.45) is 1.65. The first-order valence-corrected chi connectivity index (χ1v) is 10.6.